The van der Waals surface area contributed by atoms with Gasteiger partial charge in [-0.25, -0.2) is 0 Å². The first-order chi connectivity index (χ1) is 23.6. The Bertz CT molecular complexity index is 1450. The molecule has 0 aliphatic rings. The first-order valence-electron chi connectivity index (χ1n) is 16.4. The van der Waals surface area contributed by atoms with Gasteiger partial charge < -0.3 is 54.8 Å². The molecule has 274 valence electrons. The molecule has 0 fully saturated rings. The molecule has 0 aromatic heterocycles. The van der Waals surface area contributed by atoms with E-state index in [9.17, 15) is 19.2 Å². The lowest BCUT2D eigenvalue weighted by atomic mass is 9.85. The zero-order chi connectivity index (χ0) is 37.3. The lowest BCUT2D eigenvalue weighted by Gasteiger charge is -2.33. The summed E-state index contributed by atoms with van der Waals surface area (Å²) in [7, 11) is 0. The van der Waals surface area contributed by atoms with E-state index in [1.165, 1.54) is 0 Å². The van der Waals surface area contributed by atoms with Crippen molar-refractivity contribution < 1.29 is 24.0 Å². The summed E-state index contributed by atoms with van der Waals surface area (Å²) in [5.74, 6) is -2.44. The van der Waals surface area contributed by atoms with E-state index in [0.29, 0.717) is 37.9 Å². The van der Waals surface area contributed by atoms with Crippen molar-refractivity contribution in [1.29, 1.82) is 5.41 Å². The molecule has 2 aromatic carbocycles. The zero-order valence-electron chi connectivity index (χ0n) is 29.1. The normalized spacial score (nSPS) is 12.8. The van der Waals surface area contributed by atoms with Crippen molar-refractivity contribution in [3.63, 3.8) is 0 Å². The van der Waals surface area contributed by atoms with Gasteiger partial charge in [-0.2, -0.15) is 0 Å². The van der Waals surface area contributed by atoms with Gasteiger partial charge in [-0.1, -0.05) is 69.3 Å². The minimum Gasteiger partial charge on any atom is -0.393 e. The van der Waals surface area contributed by atoms with Crippen molar-refractivity contribution >= 4 is 35.4 Å². The van der Waals surface area contributed by atoms with E-state index < -0.39 is 47.2 Å². The van der Waals surface area contributed by atoms with E-state index in [4.69, 9.17) is 38.9 Å². The largest absolute Gasteiger partial charge is 0.393 e. The molecule has 3 atom stereocenters. The van der Waals surface area contributed by atoms with Crippen LogP contribution in [0.3, 0.4) is 0 Å². The van der Waals surface area contributed by atoms with Gasteiger partial charge in [-0.05, 0) is 53.1 Å². The molecule has 50 heavy (non-hydrogen) atoms. The fraction of sp³-hybridized carbons (Fsp3) is 0.471. The third-order valence-corrected chi connectivity index (χ3v) is 7.67. The number of benzene rings is 2. The number of amides is 4. The van der Waals surface area contributed by atoms with Crippen molar-refractivity contribution in [2.45, 2.75) is 84.1 Å². The first-order valence-corrected chi connectivity index (χ1v) is 16.4. The quantitative estimate of drug-likeness (QED) is 0.0367. The number of nitrogen functional groups attached to an aromatic ring is 1. The number of rotatable bonds is 20. The molecule has 2 rings (SSSR count). The number of guanidine groups is 1. The second kappa shape index (κ2) is 20.3. The number of hydrogen-bond acceptors (Lipinski definition) is 9. The van der Waals surface area contributed by atoms with E-state index in [1.54, 1.807) is 57.2 Å². The maximum Gasteiger partial charge on any atom is 0.243 e. The smallest absolute Gasteiger partial charge is 0.243 e. The molecule has 0 saturated heterocycles. The van der Waals surface area contributed by atoms with Gasteiger partial charge in [-0.3, -0.25) is 24.6 Å². The number of nitrogens with one attached hydrogen (secondary N) is 5. The van der Waals surface area contributed by atoms with Gasteiger partial charge in [-0.15, -0.1) is 0 Å². The predicted molar refractivity (Wildman–Crippen MR) is 192 cm³/mol. The molecule has 0 unspecified atom stereocenters. The van der Waals surface area contributed by atoms with Crippen LogP contribution in [0.4, 0.5) is 0 Å². The van der Waals surface area contributed by atoms with Crippen molar-refractivity contribution in [2.24, 2.45) is 39.2 Å². The fourth-order valence-electron chi connectivity index (χ4n) is 4.83. The number of unbranched alkanes of at least 4 members (excludes halogenated alkanes) is 1. The summed E-state index contributed by atoms with van der Waals surface area (Å²) in [5, 5.41) is 22.2. The highest BCUT2D eigenvalue weighted by Gasteiger charge is 2.36. The molecule has 0 bridgehead atoms. The van der Waals surface area contributed by atoms with Gasteiger partial charge in [0, 0.05) is 25.1 Å². The Kier molecular flexibility index (Phi) is 16.7. The Morgan fingerprint density at radius 2 is 1.38 bits per heavy atom. The van der Waals surface area contributed by atoms with E-state index in [0.717, 1.165) is 16.7 Å². The van der Waals surface area contributed by atoms with E-state index >= 15 is 0 Å². The molecule has 16 nitrogen and oxygen atoms in total. The highest BCUT2D eigenvalue weighted by atomic mass is 16.6. The molecular weight excluding hydrogens is 642 g/mol. The van der Waals surface area contributed by atoms with Gasteiger partial charge in [0.15, 0.2) is 0 Å². The van der Waals surface area contributed by atoms with Gasteiger partial charge in [0.25, 0.3) is 0 Å². The van der Waals surface area contributed by atoms with Crippen molar-refractivity contribution in [2.75, 3.05) is 13.2 Å². The summed E-state index contributed by atoms with van der Waals surface area (Å²) in [5.41, 5.74) is 29.7. The monoisotopic (exact) mass is 695 g/mol. The van der Waals surface area contributed by atoms with Crippen molar-refractivity contribution in [3.8, 4) is 0 Å². The van der Waals surface area contributed by atoms with Crippen LogP contribution in [0.5, 0.6) is 0 Å². The van der Waals surface area contributed by atoms with Crippen LogP contribution in [-0.4, -0.2) is 66.7 Å². The van der Waals surface area contributed by atoms with Crippen LogP contribution < -0.4 is 49.9 Å². The fourth-order valence-corrected chi connectivity index (χ4v) is 4.83. The molecule has 15 N–H and O–H groups in total. The summed E-state index contributed by atoms with van der Waals surface area (Å²) < 4.78 is 0. The number of hydrogen-bond donors (Lipinski definition) is 10. The average molecular weight is 696 g/mol. The Hall–Kier alpha value is -5.22. The van der Waals surface area contributed by atoms with E-state index in [1.807, 2.05) is 12.1 Å². The number of carbonyl (C=O) groups excluding carboxylic acids is 4. The maximum atomic E-state index is 13.8. The molecule has 0 radical (unpaired) electrons. The molecule has 0 aliphatic carbocycles. The summed E-state index contributed by atoms with van der Waals surface area (Å²) >= 11 is 0. The lowest BCUT2D eigenvalue weighted by Crippen LogP contribution is -2.60. The molecule has 16 heteroatoms. The highest BCUT2D eigenvalue weighted by molar-refractivity contribution is 5.95. The third-order valence-electron chi connectivity index (χ3n) is 7.67. The molecule has 0 aliphatic heterocycles. The second-order valence-electron chi connectivity index (χ2n) is 12.9. The first kappa shape index (κ1) is 41.0. The SMILES string of the molecule is CC(C)(C)[C@H](NC(=O)[C@H](CCON=C(N)N)NC(=O)Cc1ccc(CN)cc1)C(=O)N[C@@H](CCCCN)C(=O)NCc1ccc(C(=N)N)cc1. The minimum atomic E-state index is -1.12. The van der Waals surface area contributed by atoms with Crippen LogP contribution in [0.2, 0.25) is 0 Å². The third kappa shape index (κ3) is 14.5. The van der Waals surface area contributed by atoms with Gasteiger partial charge in [0.2, 0.25) is 29.6 Å². The summed E-state index contributed by atoms with van der Waals surface area (Å²) in [6.45, 7) is 6.16. The van der Waals surface area contributed by atoms with E-state index in [-0.39, 0.29) is 37.8 Å². The molecule has 0 saturated carbocycles. The summed E-state index contributed by atoms with van der Waals surface area (Å²) in [6.07, 6.45) is 1.51. The molecular formula is C34H53N11O5. The van der Waals surface area contributed by atoms with Crippen molar-refractivity contribution in [1.82, 2.24) is 21.3 Å². The van der Waals surface area contributed by atoms with Gasteiger partial charge in [0.05, 0.1) is 6.42 Å². The Balaban J connectivity index is 2.20. The number of nitrogens with two attached hydrogens (primary N) is 5. The second-order valence-corrected chi connectivity index (χ2v) is 12.9. The zero-order valence-corrected chi connectivity index (χ0v) is 29.1. The Labute approximate surface area is 293 Å². The van der Waals surface area contributed by atoms with Crippen LogP contribution in [-0.2, 0) is 43.5 Å². The topological polar surface area (TPSA) is 292 Å². The standard InChI is InChI=1S/C34H53N11O5/c1-34(2,3)28(32(49)43-25(6-4-5-16-35)30(47)41-20-23-11-13-24(14-12-23)29(37)38)44-31(48)26(15-17-50-45-33(39)40)42-27(46)18-21-7-9-22(19-36)10-8-21/h7-14,25-26,28H,4-6,15-20,35-36H2,1-3H3,(H3,37,38)(H,41,47)(H,42,46)(H,43,49)(H,44,48)(H4,39,40,45)/t25-,26-,28+/m0/s1. The Morgan fingerprint density at radius 3 is 1.94 bits per heavy atom. The Morgan fingerprint density at radius 1 is 0.780 bits per heavy atom. The van der Waals surface area contributed by atoms with Crippen molar-refractivity contribution in [3.05, 3.63) is 70.8 Å². The highest BCUT2D eigenvalue weighted by Crippen LogP contribution is 2.20. The molecule has 0 heterocycles. The number of oxime groups is 1. The van der Waals surface area contributed by atoms with E-state index in [2.05, 4.69) is 26.4 Å². The molecule has 0 spiro atoms. The summed E-state index contributed by atoms with van der Waals surface area (Å²) in [4.78, 5) is 58.9. The summed E-state index contributed by atoms with van der Waals surface area (Å²) in [6, 6.07) is 10.9. The molecule has 4 amide bonds. The number of nitrogens with zero attached hydrogens (tertiary/aromatic N) is 1. The lowest BCUT2D eigenvalue weighted by molar-refractivity contribution is -0.136. The predicted octanol–water partition coefficient (Wildman–Crippen LogP) is -0.487. The van der Waals surface area contributed by atoms with Crippen LogP contribution in [0.1, 0.15) is 68.7 Å². The van der Waals surface area contributed by atoms with Crippen LogP contribution in [0, 0.1) is 10.8 Å². The van der Waals surface area contributed by atoms with Crippen LogP contribution in [0.25, 0.3) is 0 Å². The van der Waals surface area contributed by atoms with Crippen LogP contribution >= 0.6 is 0 Å². The van der Waals surface area contributed by atoms with Gasteiger partial charge >= 0.3 is 0 Å². The minimum absolute atomic E-state index is 0.00691. The van der Waals surface area contributed by atoms with Gasteiger partial charge in [0.1, 0.15) is 30.6 Å². The molecule has 2 aromatic rings. The number of carbonyl (C=O) groups is 4. The number of amidine groups is 1. The average Bonchev–Trinajstić information content (AvgIpc) is 3.06. The van der Waals surface area contributed by atoms with Crippen LogP contribution in [0.15, 0.2) is 53.7 Å². The maximum absolute atomic E-state index is 13.8.